The van der Waals surface area contributed by atoms with Crippen molar-refractivity contribution in [3.05, 3.63) is 91.5 Å². The molecule has 10 heteroatoms. The first-order valence-corrected chi connectivity index (χ1v) is 14.4. The van der Waals surface area contributed by atoms with Gasteiger partial charge in [0.2, 0.25) is 0 Å². The zero-order valence-corrected chi connectivity index (χ0v) is 24.8. The summed E-state index contributed by atoms with van der Waals surface area (Å²) in [6.07, 6.45) is 4.29. The Morgan fingerprint density at radius 2 is 1.95 bits per heavy atom. The van der Waals surface area contributed by atoms with Gasteiger partial charge in [-0.2, -0.15) is 0 Å². The summed E-state index contributed by atoms with van der Waals surface area (Å²) in [4.78, 5) is 30.3. The molecule has 2 aromatic carbocycles. The van der Waals surface area contributed by atoms with Crippen molar-refractivity contribution in [2.24, 2.45) is 16.3 Å². The number of thiophene rings is 1. The molecule has 0 aliphatic heterocycles. The molecule has 1 atom stereocenters. The number of furan rings is 1. The number of non-ortho nitro benzene ring substituents is 1. The third kappa shape index (κ3) is 6.21. The van der Waals surface area contributed by atoms with Crippen LogP contribution in [0.15, 0.2) is 64.0 Å². The van der Waals surface area contributed by atoms with E-state index in [1.165, 1.54) is 30.2 Å². The van der Waals surface area contributed by atoms with Crippen LogP contribution < -0.4 is 10.1 Å². The molecule has 1 amide bonds. The monoisotopic (exact) mass is 591 g/mol. The molecule has 0 radical (unpaired) electrons. The Morgan fingerprint density at radius 1 is 1.20 bits per heavy atom. The summed E-state index contributed by atoms with van der Waals surface area (Å²) < 4.78 is 11.4. The average molecular weight is 592 g/mol. The zero-order valence-electron chi connectivity index (χ0n) is 23.2. The van der Waals surface area contributed by atoms with Crippen LogP contribution in [0.2, 0.25) is 5.02 Å². The van der Waals surface area contributed by atoms with Crippen molar-refractivity contribution < 1.29 is 18.9 Å². The summed E-state index contributed by atoms with van der Waals surface area (Å²) in [5.74, 6) is 1.60. The van der Waals surface area contributed by atoms with Gasteiger partial charge in [-0.3, -0.25) is 14.9 Å². The first-order valence-electron chi connectivity index (χ1n) is 13.2. The number of hydrogen-bond donors (Lipinski definition) is 1. The summed E-state index contributed by atoms with van der Waals surface area (Å²) in [5.41, 5.74) is 2.84. The number of benzene rings is 2. The van der Waals surface area contributed by atoms with Gasteiger partial charge in [0, 0.05) is 27.7 Å². The van der Waals surface area contributed by atoms with Gasteiger partial charge in [-0.1, -0.05) is 32.4 Å². The second kappa shape index (κ2) is 11.5. The van der Waals surface area contributed by atoms with Crippen molar-refractivity contribution in [1.82, 2.24) is 0 Å². The molecular weight excluding hydrogens is 562 g/mol. The maximum absolute atomic E-state index is 13.6. The van der Waals surface area contributed by atoms with E-state index < -0.39 is 4.92 Å². The van der Waals surface area contributed by atoms with Crippen LogP contribution in [0.25, 0.3) is 11.3 Å². The Morgan fingerprint density at radius 3 is 2.63 bits per heavy atom. The molecule has 0 spiro atoms. The molecule has 0 saturated carbocycles. The minimum atomic E-state index is -0.465. The number of hydrogen-bond acceptors (Lipinski definition) is 7. The van der Waals surface area contributed by atoms with E-state index in [9.17, 15) is 14.9 Å². The molecule has 212 valence electrons. The number of nitrogens with zero attached hydrogens (tertiary/aromatic N) is 2. The van der Waals surface area contributed by atoms with Crippen LogP contribution in [0.5, 0.6) is 5.75 Å². The van der Waals surface area contributed by atoms with Crippen LogP contribution >= 0.6 is 22.9 Å². The highest BCUT2D eigenvalue weighted by atomic mass is 35.5. The lowest BCUT2D eigenvalue weighted by Gasteiger charge is -2.33. The number of carbonyl (C=O) groups excluding carboxylic acids is 1. The first-order chi connectivity index (χ1) is 19.5. The SMILES string of the molecule is COc1ccc([N+](=O)[O-])cc1-c1ccc(C=Nc2sc3c(c2C(=O)Nc2ccc(Cl)cc2)CC[C@H](C(C)(C)C)C3)o1. The predicted octanol–water partition coefficient (Wildman–Crippen LogP) is 8.73. The molecule has 5 rings (SSSR count). The van der Waals surface area contributed by atoms with E-state index in [1.54, 1.807) is 53.9 Å². The minimum Gasteiger partial charge on any atom is -0.496 e. The van der Waals surface area contributed by atoms with Gasteiger partial charge in [-0.25, -0.2) is 4.99 Å². The van der Waals surface area contributed by atoms with E-state index in [1.807, 2.05) is 0 Å². The second-order valence-corrected chi connectivity index (χ2v) is 12.6. The lowest BCUT2D eigenvalue weighted by molar-refractivity contribution is -0.384. The highest BCUT2D eigenvalue weighted by molar-refractivity contribution is 7.16. The number of nitrogens with one attached hydrogen (secondary N) is 1. The predicted molar refractivity (Wildman–Crippen MR) is 163 cm³/mol. The summed E-state index contributed by atoms with van der Waals surface area (Å²) in [7, 11) is 1.50. The summed E-state index contributed by atoms with van der Waals surface area (Å²) >= 11 is 7.56. The van der Waals surface area contributed by atoms with Gasteiger partial charge >= 0.3 is 0 Å². The third-order valence-electron chi connectivity index (χ3n) is 7.40. The second-order valence-electron chi connectivity index (χ2n) is 11.1. The Bertz CT molecular complexity index is 1630. The number of anilines is 1. The zero-order chi connectivity index (χ0) is 29.3. The number of nitro benzene ring substituents is 1. The minimum absolute atomic E-state index is 0.0681. The van der Waals surface area contributed by atoms with E-state index in [2.05, 4.69) is 26.1 Å². The summed E-state index contributed by atoms with van der Waals surface area (Å²) in [6, 6.07) is 14.8. The van der Waals surface area contributed by atoms with E-state index in [-0.39, 0.29) is 17.0 Å². The van der Waals surface area contributed by atoms with Crippen LogP contribution in [0.3, 0.4) is 0 Å². The number of rotatable bonds is 7. The molecule has 0 fully saturated rings. The Hall–Kier alpha value is -3.95. The van der Waals surface area contributed by atoms with Gasteiger partial charge in [0.05, 0.1) is 29.4 Å². The Labute approximate surface area is 247 Å². The van der Waals surface area contributed by atoms with Crippen molar-refractivity contribution in [2.75, 3.05) is 12.4 Å². The average Bonchev–Trinajstić information content (AvgIpc) is 3.56. The molecule has 41 heavy (non-hydrogen) atoms. The van der Waals surface area contributed by atoms with Crippen molar-refractivity contribution in [1.29, 1.82) is 0 Å². The third-order valence-corrected chi connectivity index (χ3v) is 8.81. The quantitative estimate of drug-likeness (QED) is 0.131. The molecule has 1 N–H and O–H groups in total. The molecule has 4 aromatic rings. The standard InChI is InChI=1S/C31H30ClN3O5S/c1-31(2,3)18-5-12-23-27(15-18)41-30(28(23)29(36)34-20-8-6-19(32)7-9-20)33-17-22-11-14-26(40-22)24-16-21(35(37)38)10-13-25(24)39-4/h6-11,13-14,16-18H,5,12,15H2,1-4H3,(H,34,36)/t18-/m0/s1. The van der Waals surface area contributed by atoms with Gasteiger partial charge in [0.25, 0.3) is 11.6 Å². The molecule has 2 aromatic heterocycles. The van der Waals surface area contributed by atoms with Crippen LogP contribution in [-0.2, 0) is 12.8 Å². The van der Waals surface area contributed by atoms with Crippen LogP contribution in [0.4, 0.5) is 16.4 Å². The fourth-order valence-corrected chi connectivity index (χ4v) is 6.45. The lowest BCUT2D eigenvalue weighted by atomic mass is 9.72. The van der Waals surface area contributed by atoms with E-state index >= 15 is 0 Å². The normalized spacial score (nSPS) is 15.1. The highest BCUT2D eigenvalue weighted by Gasteiger charge is 2.33. The molecule has 1 aliphatic carbocycles. The number of ether oxygens (including phenoxy) is 1. The van der Waals surface area contributed by atoms with Crippen LogP contribution in [-0.4, -0.2) is 24.2 Å². The van der Waals surface area contributed by atoms with Crippen LogP contribution in [0, 0.1) is 21.4 Å². The Balaban J connectivity index is 1.48. The molecule has 8 nitrogen and oxygen atoms in total. The number of carbonyl (C=O) groups is 1. The maximum Gasteiger partial charge on any atom is 0.270 e. The van der Waals surface area contributed by atoms with Gasteiger partial charge in [-0.05, 0) is 78.6 Å². The molecule has 0 bridgehead atoms. The van der Waals surface area contributed by atoms with Crippen molar-refractivity contribution in [2.45, 2.75) is 40.0 Å². The number of halogens is 1. The number of aliphatic imine (C=N–C) groups is 1. The van der Waals surface area contributed by atoms with Crippen molar-refractivity contribution >= 4 is 51.4 Å². The molecule has 0 saturated heterocycles. The molecular formula is C31H30ClN3O5S. The largest absolute Gasteiger partial charge is 0.496 e. The molecule has 2 heterocycles. The van der Waals surface area contributed by atoms with E-state index in [0.29, 0.717) is 50.0 Å². The number of nitro groups is 1. The van der Waals surface area contributed by atoms with E-state index in [4.69, 9.17) is 25.7 Å². The number of methoxy groups -OCH3 is 1. The molecule has 0 unspecified atom stereocenters. The summed E-state index contributed by atoms with van der Waals surface area (Å²) in [6.45, 7) is 6.77. The first kappa shape index (κ1) is 28.6. The van der Waals surface area contributed by atoms with Crippen molar-refractivity contribution in [3.63, 3.8) is 0 Å². The van der Waals surface area contributed by atoms with E-state index in [0.717, 1.165) is 24.8 Å². The number of fused-ring (bicyclic) bond motifs is 1. The topological polar surface area (TPSA) is 107 Å². The van der Waals surface area contributed by atoms with Crippen LogP contribution in [0.1, 0.15) is 53.8 Å². The van der Waals surface area contributed by atoms with Crippen molar-refractivity contribution in [3.8, 4) is 17.1 Å². The number of amides is 1. The maximum atomic E-state index is 13.6. The lowest BCUT2D eigenvalue weighted by Crippen LogP contribution is -2.27. The van der Waals surface area contributed by atoms with Gasteiger partial charge in [0.1, 0.15) is 22.3 Å². The summed E-state index contributed by atoms with van der Waals surface area (Å²) in [5, 5.41) is 15.5. The fourth-order valence-electron chi connectivity index (χ4n) is 5.05. The molecule has 1 aliphatic rings. The van der Waals surface area contributed by atoms with Gasteiger partial charge < -0.3 is 14.5 Å². The Kier molecular flexibility index (Phi) is 8.02. The van der Waals surface area contributed by atoms with Gasteiger partial charge in [-0.15, -0.1) is 11.3 Å². The smallest absolute Gasteiger partial charge is 0.270 e. The fraction of sp³-hybridized carbons (Fsp3) is 0.290. The van der Waals surface area contributed by atoms with Gasteiger partial charge in [0.15, 0.2) is 0 Å². The highest BCUT2D eigenvalue weighted by Crippen LogP contribution is 2.45.